The van der Waals surface area contributed by atoms with Crippen LogP contribution in [0.3, 0.4) is 0 Å². The average Bonchev–Trinajstić information content (AvgIpc) is 2.40. The highest BCUT2D eigenvalue weighted by Gasteiger charge is 2.33. The van der Waals surface area contributed by atoms with E-state index < -0.39 is 12.0 Å². The minimum absolute atomic E-state index is 0.261. The third-order valence-corrected chi connectivity index (χ3v) is 3.38. The molecule has 1 saturated heterocycles. The van der Waals surface area contributed by atoms with Gasteiger partial charge in [-0.05, 0) is 39.2 Å². The summed E-state index contributed by atoms with van der Waals surface area (Å²) in [6, 6.07) is 0.937. The van der Waals surface area contributed by atoms with Crippen LogP contribution in [0.15, 0.2) is 6.07 Å². The first-order valence-corrected chi connectivity index (χ1v) is 6.35. The van der Waals surface area contributed by atoms with Gasteiger partial charge >= 0.3 is 5.97 Å². The predicted octanol–water partition coefficient (Wildman–Crippen LogP) is 1.17. The Morgan fingerprint density at radius 1 is 1.32 bits per heavy atom. The number of rotatable bonds is 2. The number of aromatic nitrogens is 2. The normalized spacial score (nSPS) is 19.3. The Balaban J connectivity index is 2.31. The number of aryl methyl sites for hydroxylation is 2. The molecule has 6 nitrogen and oxygen atoms in total. The monoisotopic (exact) mass is 263 g/mol. The largest absolute Gasteiger partial charge is 0.480 e. The van der Waals surface area contributed by atoms with Gasteiger partial charge in [0.25, 0.3) is 5.91 Å². The summed E-state index contributed by atoms with van der Waals surface area (Å²) in [7, 11) is 0. The van der Waals surface area contributed by atoms with Gasteiger partial charge in [-0.2, -0.15) is 10.2 Å². The van der Waals surface area contributed by atoms with Crippen molar-refractivity contribution in [2.75, 3.05) is 6.54 Å². The Labute approximate surface area is 111 Å². The molecule has 2 rings (SSSR count). The van der Waals surface area contributed by atoms with Crippen LogP contribution in [0.5, 0.6) is 0 Å². The van der Waals surface area contributed by atoms with Crippen LogP contribution in [0.25, 0.3) is 0 Å². The number of piperidine rings is 1. The molecule has 1 fully saturated rings. The summed E-state index contributed by atoms with van der Waals surface area (Å²) in [4.78, 5) is 25.2. The summed E-state index contributed by atoms with van der Waals surface area (Å²) in [6.45, 7) is 3.95. The van der Waals surface area contributed by atoms with Gasteiger partial charge < -0.3 is 10.0 Å². The molecule has 1 aromatic heterocycles. The fourth-order valence-electron chi connectivity index (χ4n) is 2.35. The van der Waals surface area contributed by atoms with E-state index >= 15 is 0 Å². The zero-order chi connectivity index (χ0) is 14.0. The standard InChI is InChI=1S/C13H17N3O3/c1-8-7-10(9(2)15-14-8)12(17)16-6-4-3-5-11(16)13(18)19/h7,11H,3-6H2,1-2H3,(H,18,19). The zero-order valence-electron chi connectivity index (χ0n) is 11.1. The summed E-state index contributed by atoms with van der Waals surface area (Å²) < 4.78 is 0. The Kier molecular flexibility index (Phi) is 3.78. The van der Waals surface area contributed by atoms with Crippen LogP contribution in [-0.4, -0.2) is 44.7 Å². The van der Waals surface area contributed by atoms with E-state index in [0.29, 0.717) is 29.9 Å². The van der Waals surface area contributed by atoms with Crippen molar-refractivity contribution in [2.24, 2.45) is 0 Å². The van der Waals surface area contributed by atoms with Crippen molar-refractivity contribution < 1.29 is 14.7 Å². The van der Waals surface area contributed by atoms with Gasteiger partial charge in [-0.1, -0.05) is 0 Å². The molecule has 1 atom stereocenters. The van der Waals surface area contributed by atoms with Gasteiger partial charge in [-0.3, -0.25) is 4.79 Å². The Bertz CT molecular complexity index is 516. The third kappa shape index (κ3) is 2.72. The minimum atomic E-state index is -0.940. The molecule has 0 aromatic carbocycles. The smallest absolute Gasteiger partial charge is 0.326 e. The highest BCUT2D eigenvalue weighted by atomic mass is 16.4. The predicted molar refractivity (Wildman–Crippen MR) is 67.8 cm³/mol. The molecule has 2 heterocycles. The molecule has 1 N–H and O–H groups in total. The second-order valence-electron chi connectivity index (χ2n) is 4.83. The van der Waals surface area contributed by atoms with E-state index in [-0.39, 0.29) is 5.91 Å². The highest BCUT2D eigenvalue weighted by molar-refractivity contribution is 5.97. The van der Waals surface area contributed by atoms with E-state index in [1.807, 2.05) is 0 Å². The first kappa shape index (κ1) is 13.5. The molecule has 6 heteroatoms. The molecule has 0 spiro atoms. The van der Waals surface area contributed by atoms with E-state index in [1.165, 1.54) is 4.90 Å². The summed E-state index contributed by atoms with van der Waals surface area (Å²) in [6.07, 6.45) is 2.19. The second-order valence-corrected chi connectivity index (χ2v) is 4.83. The SMILES string of the molecule is Cc1cc(C(=O)N2CCCCC2C(=O)O)c(C)nn1. The molecule has 19 heavy (non-hydrogen) atoms. The van der Waals surface area contributed by atoms with Crippen molar-refractivity contribution in [1.82, 2.24) is 15.1 Å². The molecular formula is C13H17N3O3. The van der Waals surface area contributed by atoms with E-state index in [1.54, 1.807) is 19.9 Å². The Morgan fingerprint density at radius 3 is 2.74 bits per heavy atom. The maximum absolute atomic E-state index is 12.5. The maximum atomic E-state index is 12.5. The number of hydrogen-bond donors (Lipinski definition) is 1. The summed E-state index contributed by atoms with van der Waals surface area (Å²) >= 11 is 0. The van der Waals surface area contributed by atoms with Crippen molar-refractivity contribution in [3.8, 4) is 0 Å². The average molecular weight is 263 g/mol. The van der Waals surface area contributed by atoms with Gasteiger partial charge in [0.15, 0.2) is 0 Å². The van der Waals surface area contributed by atoms with Crippen LogP contribution >= 0.6 is 0 Å². The topological polar surface area (TPSA) is 83.4 Å². The van der Waals surface area contributed by atoms with Gasteiger partial charge in [-0.25, -0.2) is 4.79 Å². The lowest BCUT2D eigenvalue weighted by molar-refractivity contribution is -0.143. The third-order valence-electron chi connectivity index (χ3n) is 3.38. The van der Waals surface area contributed by atoms with Gasteiger partial charge in [0.05, 0.1) is 17.0 Å². The molecule has 0 saturated carbocycles. The summed E-state index contributed by atoms with van der Waals surface area (Å²) in [5.41, 5.74) is 1.63. The number of carbonyl (C=O) groups is 2. The fraction of sp³-hybridized carbons (Fsp3) is 0.538. The molecule has 0 bridgehead atoms. The molecule has 1 aliphatic heterocycles. The van der Waals surface area contributed by atoms with Crippen molar-refractivity contribution in [2.45, 2.75) is 39.2 Å². The lowest BCUT2D eigenvalue weighted by atomic mass is 10.0. The van der Waals surface area contributed by atoms with Crippen molar-refractivity contribution in [1.29, 1.82) is 0 Å². The molecule has 1 amide bonds. The number of hydrogen-bond acceptors (Lipinski definition) is 4. The van der Waals surface area contributed by atoms with E-state index in [9.17, 15) is 14.7 Å². The van der Waals surface area contributed by atoms with Gasteiger partial charge in [0.1, 0.15) is 6.04 Å². The number of likely N-dealkylation sites (tertiary alicyclic amines) is 1. The Hall–Kier alpha value is -1.98. The van der Waals surface area contributed by atoms with Gasteiger partial charge in [0, 0.05) is 6.54 Å². The number of carboxylic acid groups (broad SMARTS) is 1. The van der Waals surface area contributed by atoms with Crippen LogP contribution in [0.4, 0.5) is 0 Å². The van der Waals surface area contributed by atoms with Crippen LogP contribution in [0.2, 0.25) is 0 Å². The molecule has 102 valence electrons. The fourth-order valence-corrected chi connectivity index (χ4v) is 2.35. The summed E-state index contributed by atoms with van der Waals surface area (Å²) in [5, 5.41) is 17.0. The van der Waals surface area contributed by atoms with Crippen LogP contribution < -0.4 is 0 Å². The molecule has 0 aliphatic carbocycles. The highest BCUT2D eigenvalue weighted by Crippen LogP contribution is 2.20. The van der Waals surface area contributed by atoms with E-state index in [2.05, 4.69) is 10.2 Å². The molecular weight excluding hydrogens is 246 g/mol. The first-order chi connectivity index (χ1) is 9.00. The summed E-state index contributed by atoms with van der Waals surface area (Å²) in [5.74, 6) is -1.20. The lowest BCUT2D eigenvalue weighted by Crippen LogP contribution is -2.48. The van der Waals surface area contributed by atoms with Crippen LogP contribution in [-0.2, 0) is 4.79 Å². The number of nitrogens with zero attached hydrogens (tertiary/aromatic N) is 3. The number of carboxylic acids is 1. The van der Waals surface area contributed by atoms with E-state index in [4.69, 9.17) is 0 Å². The Morgan fingerprint density at radius 2 is 2.05 bits per heavy atom. The second kappa shape index (κ2) is 5.34. The number of carbonyl (C=O) groups excluding carboxylic acids is 1. The van der Waals surface area contributed by atoms with Crippen molar-refractivity contribution >= 4 is 11.9 Å². The van der Waals surface area contributed by atoms with Crippen LogP contribution in [0, 0.1) is 13.8 Å². The van der Waals surface area contributed by atoms with Crippen LogP contribution in [0.1, 0.15) is 41.0 Å². The molecule has 1 aromatic rings. The zero-order valence-corrected chi connectivity index (χ0v) is 11.1. The lowest BCUT2D eigenvalue weighted by Gasteiger charge is -2.33. The molecule has 1 unspecified atom stereocenters. The van der Waals surface area contributed by atoms with Gasteiger partial charge in [-0.15, -0.1) is 0 Å². The van der Waals surface area contributed by atoms with Crippen molar-refractivity contribution in [3.05, 3.63) is 23.0 Å². The molecule has 1 aliphatic rings. The van der Waals surface area contributed by atoms with Crippen molar-refractivity contribution in [3.63, 3.8) is 0 Å². The maximum Gasteiger partial charge on any atom is 0.326 e. The molecule has 0 radical (unpaired) electrons. The quantitative estimate of drug-likeness (QED) is 0.866. The minimum Gasteiger partial charge on any atom is -0.480 e. The van der Waals surface area contributed by atoms with Gasteiger partial charge in [0.2, 0.25) is 0 Å². The van der Waals surface area contributed by atoms with E-state index in [0.717, 1.165) is 12.8 Å². The number of amides is 1. The number of aliphatic carboxylic acids is 1. The first-order valence-electron chi connectivity index (χ1n) is 6.35.